The lowest BCUT2D eigenvalue weighted by molar-refractivity contribution is 0.197. The summed E-state index contributed by atoms with van der Waals surface area (Å²) in [4.78, 5) is 25.3. The molecule has 26 heavy (non-hydrogen) atoms. The molecule has 2 heterocycles. The molecule has 1 aliphatic heterocycles. The second kappa shape index (κ2) is 7.74. The number of urea groups is 1. The largest absolute Gasteiger partial charge is 0.382 e. The van der Waals surface area contributed by atoms with E-state index in [2.05, 4.69) is 15.7 Å². The monoisotopic (exact) mass is 379 g/mol. The van der Waals surface area contributed by atoms with Crippen molar-refractivity contribution in [1.82, 2.24) is 14.7 Å². The van der Waals surface area contributed by atoms with Gasteiger partial charge in [-0.25, -0.2) is 13.9 Å². The SMILES string of the molecule is Cn1nc(NC(=O)N2CCC(Nc3cc(F)cc(Cl)c3)CC2)ccc1=O. The van der Waals surface area contributed by atoms with Gasteiger partial charge in [-0.1, -0.05) is 11.6 Å². The molecule has 7 nitrogen and oxygen atoms in total. The second-order valence-corrected chi connectivity index (χ2v) is 6.61. The molecule has 1 aliphatic rings. The minimum Gasteiger partial charge on any atom is -0.382 e. The molecule has 1 saturated heterocycles. The number of aryl methyl sites for hydroxylation is 1. The highest BCUT2D eigenvalue weighted by atomic mass is 35.5. The van der Waals surface area contributed by atoms with Gasteiger partial charge in [0.15, 0.2) is 5.82 Å². The first-order valence-electron chi connectivity index (χ1n) is 8.23. The van der Waals surface area contributed by atoms with E-state index < -0.39 is 0 Å². The van der Waals surface area contributed by atoms with Crippen molar-refractivity contribution in [2.24, 2.45) is 7.05 Å². The summed E-state index contributed by atoms with van der Waals surface area (Å²) in [5.74, 6) is -0.0617. The maximum absolute atomic E-state index is 13.4. The van der Waals surface area contributed by atoms with Crippen LogP contribution in [-0.4, -0.2) is 39.8 Å². The van der Waals surface area contributed by atoms with Crippen molar-refractivity contribution < 1.29 is 9.18 Å². The van der Waals surface area contributed by atoms with Crippen LogP contribution in [0, 0.1) is 5.82 Å². The van der Waals surface area contributed by atoms with Gasteiger partial charge in [0, 0.05) is 43.0 Å². The third-order valence-corrected chi connectivity index (χ3v) is 4.43. The summed E-state index contributed by atoms with van der Waals surface area (Å²) in [6.07, 6.45) is 1.45. The van der Waals surface area contributed by atoms with Crippen molar-refractivity contribution in [1.29, 1.82) is 0 Å². The summed E-state index contributed by atoms with van der Waals surface area (Å²) in [6.45, 7) is 1.11. The molecule has 2 N–H and O–H groups in total. The molecule has 0 radical (unpaired) electrons. The fraction of sp³-hybridized carbons (Fsp3) is 0.353. The fourth-order valence-electron chi connectivity index (χ4n) is 2.86. The molecule has 0 unspecified atom stereocenters. The zero-order chi connectivity index (χ0) is 18.7. The van der Waals surface area contributed by atoms with Crippen molar-refractivity contribution >= 4 is 29.1 Å². The molecular formula is C17H19ClFN5O2. The molecular weight excluding hydrogens is 361 g/mol. The minimum atomic E-state index is -0.387. The van der Waals surface area contributed by atoms with Crippen LogP contribution < -0.4 is 16.2 Å². The van der Waals surface area contributed by atoms with Gasteiger partial charge in [-0.15, -0.1) is 0 Å². The fourth-order valence-corrected chi connectivity index (χ4v) is 3.08. The van der Waals surface area contributed by atoms with E-state index in [1.807, 2.05) is 0 Å². The van der Waals surface area contributed by atoms with Gasteiger partial charge in [0.2, 0.25) is 0 Å². The molecule has 1 aromatic carbocycles. The number of aromatic nitrogens is 2. The number of anilines is 2. The van der Waals surface area contributed by atoms with E-state index in [1.54, 1.807) is 11.0 Å². The lowest BCUT2D eigenvalue weighted by Gasteiger charge is -2.32. The molecule has 2 amide bonds. The predicted molar refractivity (Wildman–Crippen MR) is 98.1 cm³/mol. The molecule has 0 saturated carbocycles. The molecule has 0 bridgehead atoms. The average molecular weight is 380 g/mol. The van der Waals surface area contributed by atoms with Crippen LogP contribution in [0.2, 0.25) is 5.02 Å². The molecule has 0 spiro atoms. The number of nitrogens with zero attached hydrogens (tertiary/aromatic N) is 3. The van der Waals surface area contributed by atoms with Crippen molar-refractivity contribution in [2.75, 3.05) is 23.7 Å². The van der Waals surface area contributed by atoms with Crippen molar-refractivity contribution in [3.05, 3.63) is 51.5 Å². The van der Waals surface area contributed by atoms with Crippen molar-refractivity contribution in [3.8, 4) is 0 Å². The van der Waals surface area contributed by atoms with E-state index in [4.69, 9.17) is 11.6 Å². The van der Waals surface area contributed by atoms with Gasteiger partial charge in [0.25, 0.3) is 5.56 Å². The normalized spacial score (nSPS) is 15.0. The van der Waals surface area contributed by atoms with Gasteiger partial charge in [-0.2, -0.15) is 5.10 Å². The third kappa shape index (κ3) is 4.51. The molecule has 9 heteroatoms. The summed E-state index contributed by atoms with van der Waals surface area (Å²) >= 11 is 5.86. The summed E-state index contributed by atoms with van der Waals surface area (Å²) in [6, 6.07) is 7.03. The number of hydrogen-bond acceptors (Lipinski definition) is 4. The highest BCUT2D eigenvalue weighted by Gasteiger charge is 2.23. The lowest BCUT2D eigenvalue weighted by Crippen LogP contribution is -2.44. The Labute approximate surface area is 154 Å². The van der Waals surface area contributed by atoms with Crippen molar-refractivity contribution in [2.45, 2.75) is 18.9 Å². The van der Waals surface area contributed by atoms with Gasteiger partial charge in [-0.3, -0.25) is 10.1 Å². The van der Waals surface area contributed by atoms with Crippen LogP contribution in [0.25, 0.3) is 0 Å². The van der Waals surface area contributed by atoms with Crippen LogP contribution in [0.5, 0.6) is 0 Å². The van der Waals surface area contributed by atoms with Crippen LogP contribution >= 0.6 is 11.6 Å². The Morgan fingerprint density at radius 1 is 1.27 bits per heavy atom. The zero-order valence-electron chi connectivity index (χ0n) is 14.2. The number of carbonyl (C=O) groups is 1. The first-order chi connectivity index (χ1) is 12.4. The number of amides is 2. The van der Waals surface area contributed by atoms with Gasteiger partial charge in [0.05, 0.1) is 0 Å². The number of carbonyl (C=O) groups excluding carboxylic acids is 1. The standard InChI is InChI=1S/C17H19ClFN5O2/c1-23-16(25)3-2-15(22-23)21-17(26)24-6-4-13(5-7-24)20-14-9-11(18)8-12(19)10-14/h2-3,8-10,13,20H,4-7H2,1H3,(H,21,22,26). The van der Waals surface area contributed by atoms with E-state index in [9.17, 15) is 14.0 Å². The van der Waals surface area contributed by atoms with E-state index >= 15 is 0 Å². The summed E-state index contributed by atoms with van der Waals surface area (Å²) < 4.78 is 14.6. The van der Waals surface area contributed by atoms with E-state index in [1.165, 1.54) is 31.3 Å². The molecule has 0 atom stereocenters. The quantitative estimate of drug-likeness (QED) is 0.859. The summed E-state index contributed by atoms with van der Waals surface area (Å²) in [7, 11) is 1.52. The Hall–Kier alpha value is -2.61. The minimum absolute atomic E-state index is 0.132. The maximum atomic E-state index is 13.4. The number of halogens is 2. The first-order valence-corrected chi connectivity index (χ1v) is 8.61. The van der Waals surface area contributed by atoms with E-state index in [0.717, 1.165) is 17.5 Å². The number of piperidine rings is 1. The van der Waals surface area contributed by atoms with Gasteiger partial charge < -0.3 is 10.2 Å². The van der Waals surface area contributed by atoms with E-state index in [-0.39, 0.29) is 23.4 Å². The van der Waals surface area contributed by atoms with Gasteiger partial charge in [-0.05, 0) is 37.1 Å². The summed E-state index contributed by atoms with van der Waals surface area (Å²) in [5.41, 5.74) is 0.389. The molecule has 0 aliphatic carbocycles. The number of likely N-dealkylation sites (tertiary alicyclic amines) is 1. The Balaban J connectivity index is 1.53. The van der Waals surface area contributed by atoms with Crippen LogP contribution in [0.15, 0.2) is 35.1 Å². The van der Waals surface area contributed by atoms with Crippen LogP contribution in [0.3, 0.4) is 0 Å². The first kappa shape index (κ1) is 18.2. The Kier molecular flexibility index (Phi) is 5.41. The zero-order valence-corrected chi connectivity index (χ0v) is 15.0. The predicted octanol–water partition coefficient (Wildman–Crippen LogP) is 2.68. The molecule has 1 fully saturated rings. The lowest BCUT2D eigenvalue weighted by atomic mass is 10.0. The molecule has 1 aromatic heterocycles. The molecule has 2 aromatic rings. The van der Waals surface area contributed by atoms with Gasteiger partial charge >= 0.3 is 6.03 Å². The highest BCUT2D eigenvalue weighted by Crippen LogP contribution is 2.22. The average Bonchev–Trinajstić information content (AvgIpc) is 2.58. The van der Waals surface area contributed by atoms with E-state index in [0.29, 0.717) is 29.6 Å². The Morgan fingerprint density at radius 3 is 2.65 bits per heavy atom. The number of benzene rings is 1. The smallest absolute Gasteiger partial charge is 0.323 e. The maximum Gasteiger partial charge on any atom is 0.323 e. The third-order valence-electron chi connectivity index (χ3n) is 4.21. The Morgan fingerprint density at radius 2 is 2.00 bits per heavy atom. The second-order valence-electron chi connectivity index (χ2n) is 6.17. The topological polar surface area (TPSA) is 79.3 Å². The summed E-state index contributed by atoms with van der Waals surface area (Å²) in [5, 5.41) is 10.3. The molecule has 3 rings (SSSR count). The van der Waals surface area contributed by atoms with Crippen LogP contribution in [0.4, 0.5) is 20.7 Å². The molecule has 138 valence electrons. The van der Waals surface area contributed by atoms with Crippen LogP contribution in [-0.2, 0) is 7.05 Å². The highest BCUT2D eigenvalue weighted by molar-refractivity contribution is 6.30. The number of nitrogens with one attached hydrogen (secondary N) is 2. The van der Waals surface area contributed by atoms with Gasteiger partial charge in [0.1, 0.15) is 5.82 Å². The Bertz CT molecular complexity index is 844. The number of rotatable bonds is 3. The number of hydrogen-bond donors (Lipinski definition) is 2. The van der Waals surface area contributed by atoms with Crippen molar-refractivity contribution in [3.63, 3.8) is 0 Å². The van der Waals surface area contributed by atoms with Crippen LogP contribution in [0.1, 0.15) is 12.8 Å².